The van der Waals surface area contributed by atoms with Crippen molar-refractivity contribution in [3.63, 3.8) is 0 Å². The number of hydrogen-bond donors (Lipinski definition) is 1. The summed E-state index contributed by atoms with van der Waals surface area (Å²) >= 11 is 1.15. The van der Waals surface area contributed by atoms with E-state index in [-0.39, 0.29) is 22.5 Å². The average molecular weight is 372 g/mol. The Balaban J connectivity index is 1.71. The molecule has 0 saturated carbocycles. The number of fused-ring (bicyclic) bond motifs is 1. The van der Waals surface area contributed by atoms with Gasteiger partial charge in [-0.05, 0) is 42.5 Å². The topological polar surface area (TPSA) is 74.1 Å². The van der Waals surface area contributed by atoms with Crippen LogP contribution in [0.25, 0.3) is 0 Å². The van der Waals surface area contributed by atoms with Crippen LogP contribution in [-0.4, -0.2) is 28.4 Å². The van der Waals surface area contributed by atoms with Gasteiger partial charge in [-0.15, -0.1) is 10.2 Å². The van der Waals surface area contributed by atoms with E-state index in [4.69, 9.17) is 0 Å². The normalized spacial score (nSPS) is 19.4. The summed E-state index contributed by atoms with van der Waals surface area (Å²) < 4.78 is 26.6. The summed E-state index contributed by atoms with van der Waals surface area (Å²) in [6.07, 6.45) is 0. The molecule has 1 saturated heterocycles. The first-order valence-electron chi connectivity index (χ1n) is 7.51. The maximum atomic E-state index is 13.5. The predicted octanol–water partition coefficient (Wildman–Crippen LogP) is 2.76. The molecule has 4 rings (SSSR count). The van der Waals surface area contributed by atoms with Crippen LogP contribution in [0.4, 0.5) is 20.2 Å². The van der Waals surface area contributed by atoms with Gasteiger partial charge in [0.2, 0.25) is 5.91 Å². The van der Waals surface area contributed by atoms with Crippen molar-refractivity contribution in [2.75, 3.05) is 16.0 Å². The van der Waals surface area contributed by atoms with Crippen LogP contribution in [0, 0.1) is 11.6 Å². The molecule has 1 fully saturated rings. The predicted molar refractivity (Wildman–Crippen MR) is 95.3 cm³/mol. The van der Waals surface area contributed by atoms with Gasteiger partial charge in [0.25, 0.3) is 5.91 Å². The van der Waals surface area contributed by atoms with E-state index in [1.807, 2.05) is 0 Å². The van der Waals surface area contributed by atoms with Crippen molar-refractivity contribution in [1.29, 1.82) is 0 Å². The van der Waals surface area contributed by atoms with E-state index in [1.165, 1.54) is 47.4 Å². The number of anilines is 2. The van der Waals surface area contributed by atoms with Gasteiger partial charge < -0.3 is 5.32 Å². The fourth-order valence-corrected chi connectivity index (χ4v) is 3.41. The minimum absolute atomic E-state index is 0.0361. The maximum Gasteiger partial charge on any atom is 0.276 e. The lowest BCUT2D eigenvalue weighted by Gasteiger charge is -2.14. The second kappa shape index (κ2) is 6.34. The third-order valence-electron chi connectivity index (χ3n) is 3.79. The smallest absolute Gasteiger partial charge is 0.276 e. The molecular weight excluding hydrogens is 362 g/mol. The summed E-state index contributed by atoms with van der Waals surface area (Å²) in [4.78, 5) is 25.5. The summed E-state index contributed by atoms with van der Waals surface area (Å²) in [5.41, 5.74) is 1.16. The van der Waals surface area contributed by atoms with E-state index in [9.17, 15) is 18.4 Å². The van der Waals surface area contributed by atoms with E-state index >= 15 is 0 Å². The molecule has 0 aliphatic carbocycles. The third kappa shape index (κ3) is 2.86. The Kier molecular flexibility index (Phi) is 4.00. The van der Waals surface area contributed by atoms with Crippen LogP contribution in [0.5, 0.6) is 0 Å². The van der Waals surface area contributed by atoms with Crippen LogP contribution in [0.3, 0.4) is 0 Å². The molecule has 2 aliphatic heterocycles. The molecule has 6 nitrogen and oxygen atoms in total. The fourth-order valence-electron chi connectivity index (χ4n) is 2.60. The van der Waals surface area contributed by atoms with Gasteiger partial charge in [-0.3, -0.25) is 14.5 Å². The number of rotatable bonds is 2. The zero-order valence-corrected chi connectivity index (χ0v) is 13.9. The number of hydrogen-bond acceptors (Lipinski definition) is 5. The molecule has 9 heteroatoms. The highest BCUT2D eigenvalue weighted by atomic mass is 32.2. The highest BCUT2D eigenvalue weighted by molar-refractivity contribution is 8.15. The Morgan fingerprint density at radius 1 is 1.00 bits per heavy atom. The lowest BCUT2D eigenvalue weighted by molar-refractivity contribution is -0.115. The number of halogens is 2. The molecular formula is C17H10F2N4O2S. The van der Waals surface area contributed by atoms with Gasteiger partial charge in [-0.25, -0.2) is 8.78 Å². The molecule has 130 valence electrons. The van der Waals surface area contributed by atoms with Crippen molar-refractivity contribution in [3.05, 3.63) is 59.7 Å². The van der Waals surface area contributed by atoms with E-state index < -0.39 is 17.5 Å². The van der Waals surface area contributed by atoms with Gasteiger partial charge in [0, 0.05) is 5.56 Å². The highest BCUT2D eigenvalue weighted by Gasteiger charge is 2.31. The van der Waals surface area contributed by atoms with Gasteiger partial charge in [0.05, 0.1) is 17.1 Å². The molecule has 0 spiro atoms. The van der Waals surface area contributed by atoms with Crippen LogP contribution in [-0.2, 0) is 9.59 Å². The third-order valence-corrected chi connectivity index (χ3v) is 4.70. The summed E-state index contributed by atoms with van der Waals surface area (Å²) in [5.74, 6) is -1.51. The summed E-state index contributed by atoms with van der Waals surface area (Å²) in [5, 5.41) is 10.8. The van der Waals surface area contributed by atoms with Crippen LogP contribution in [0.1, 0.15) is 5.56 Å². The molecule has 2 aromatic rings. The number of nitrogens with one attached hydrogen (secondary N) is 1. The summed E-state index contributed by atoms with van der Waals surface area (Å²) in [6, 6.07) is 9.24. The Morgan fingerprint density at radius 3 is 2.50 bits per heavy atom. The summed E-state index contributed by atoms with van der Waals surface area (Å²) in [7, 11) is 0. The Morgan fingerprint density at radius 2 is 1.73 bits per heavy atom. The Labute approximate surface area is 150 Å². The maximum absolute atomic E-state index is 13.5. The SMILES string of the molecule is O=C1Nc2ccc(F)cc2C1=NN=C1SCC(=O)N1c1ccc(F)cc1. The zero-order valence-electron chi connectivity index (χ0n) is 13.1. The number of carbonyl (C=O) groups is 2. The molecule has 0 atom stereocenters. The van der Waals surface area contributed by atoms with Crippen molar-refractivity contribution in [2.24, 2.45) is 10.2 Å². The number of amidine groups is 1. The number of amides is 2. The number of thioether (sulfide) groups is 1. The largest absolute Gasteiger partial charge is 0.320 e. The lowest BCUT2D eigenvalue weighted by atomic mass is 10.1. The molecule has 0 aromatic heterocycles. The first-order chi connectivity index (χ1) is 12.5. The van der Waals surface area contributed by atoms with Crippen LogP contribution in [0.15, 0.2) is 52.7 Å². The molecule has 26 heavy (non-hydrogen) atoms. The monoisotopic (exact) mass is 372 g/mol. The van der Waals surface area contributed by atoms with Gasteiger partial charge >= 0.3 is 0 Å². The van der Waals surface area contributed by atoms with Crippen molar-refractivity contribution in [1.82, 2.24) is 0 Å². The minimum Gasteiger partial charge on any atom is -0.320 e. The van der Waals surface area contributed by atoms with Gasteiger partial charge in [-0.1, -0.05) is 11.8 Å². The van der Waals surface area contributed by atoms with Gasteiger partial charge in [0.15, 0.2) is 10.9 Å². The second-order valence-corrected chi connectivity index (χ2v) is 6.41. The molecule has 2 aliphatic rings. The van der Waals surface area contributed by atoms with Crippen LogP contribution in [0.2, 0.25) is 0 Å². The van der Waals surface area contributed by atoms with Crippen molar-refractivity contribution in [2.45, 2.75) is 0 Å². The quantitative estimate of drug-likeness (QED) is 0.824. The van der Waals surface area contributed by atoms with E-state index in [1.54, 1.807) is 0 Å². The van der Waals surface area contributed by atoms with Gasteiger partial charge in [0.1, 0.15) is 11.6 Å². The molecule has 2 aromatic carbocycles. The molecule has 0 unspecified atom stereocenters. The van der Waals surface area contributed by atoms with E-state index in [0.29, 0.717) is 16.9 Å². The Hall–Kier alpha value is -3.07. The van der Waals surface area contributed by atoms with Crippen molar-refractivity contribution < 1.29 is 18.4 Å². The molecule has 2 amide bonds. The highest BCUT2D eigenvalue weighted by Crippen LogP contribution is 2.28. The van der Waals surface area contributed by atoms with Crippen LogP contribution < -0.4 is 10.2 Å². The molecule has 2 heterocycles. The van der Waals surface area contributed by atoms with Crippen molar-refractivity contribution >= 4 is 45.8 Å². The zero-order chi connectivity index (χ0) is 18.3. The average Bonchev–Trinajstić information content (AvgIpc) is 3.13. The van der Waals surface area contributed by atoms with Gasteiger partial charge in [-0.2, -0.15) is 0 Å². The first-order valence-corrected chi connectivity index (χ1v) is 8.50. The number of carbonyl (C=O) groups excluding carboxylic acids is 2. The van der Waals surface area contributed by atoms with Crippen LogP contribution >= 0.6 is 11.8 Å². The second-order valence-electron chi connectivity index (χ2n) is 5.47. The number of nitrogens with zero attached hydrogens (tertiary/aromatic N) is 3. The number of benzene rings is 2. The van der Waals surface area contributed by atoms with E-state index in [2.05, 4.69) is 15.5 Å². The minimum atomic E-state index is -0.502. The summed E-state index contributed by atoms with van der Waals surface area (Å²) in [6.45, 7) is 0. The molecule has 0 bridgehead atoms. The molecule has 1 N–H and O–H groups in total. The molecule has 0 radical (unpaired) electrons. The Bertz CT molecular complexity index is 989. The van der Waals surface area contributed by atoms with Crippen molar-refractivity contribution in [3.8, 4) is 0 Å². The fraction of sp³-hybridized carbons (Fsp3) is 0.0588. The lowest BCUT2D eigenvalue weighted by Crippen LogP contribution is -2.29. The van der Waals surface area contributed by atoms with E-state index in [0.717, 1.165) is 11.8 Å². The first kappa shape index (κ1) is 16.4. The standard InChI is InChI=1S/C17H10F2N4O2S/c18-9-1-4-11(5-2-9)23-14(24)8-26-17(23)22-21-15-12-7-10(19)3-6-13(12)20-16(15)25/h1-7H,8H2,(H,20,21,25).